The Labute approximate surface area is 155 Å². The van der Waals surface area contributed by atoms with Crippen LogP contribution in [0.4, 0.5) is 17.1 Å². The lowest BCUT2D eigenvalue weighted by atomic mass is 10.0. The molecule has 4 N–H and O–H groups in total. The number of hydrogen-bond donors (Lipinski definition) is 3. The largest absolute Gasteiger partial charge is 0.507 e. The molecule has 0 heterocycles. The van der Waals surface area contributed by atoms with Crippen LogP contribution in [0.1, 0.15) is 0 Å². The van der Waals surface area contributed by atoms with E-state index in [1.165, 1.54) is 36.4 Å². The number of anilines is 2. The van der Waals surface area contributed by atoms with Crippen LogP contribution in [0.2, 0.25) is 0 Å². The van der Waals surface area contributed by atoms with Crippen molar-refractivity contribution in [1.29, 1.82) is 0 Å². The Hall–Kier alpha value is -3.59. The molecule has 0 spiro atoms. The van der Waals surface area contributed by atoms with Crippen molar-refractivity contribution in [3.63, 3.8) is 0 Å². The second-order valence-corrected chi connectivity index (χ2v) is 7.30. The zero-order valence-corrected chi connectivity index (χ0v) is 14.7. The zero-order valence-electron chi connectivity index (χ0n) is 13.9. The molecule has 8 nitrogen and oxygen atoms in total. The molecule has 3 aromatic rings. The fraction of sp³-hybridized carbons (Fsp3) is 0. The third kappa shape index (κ3) is 3.67. The first-order valence-corrected chi connectivity index (χ1v) is 9.22. The number of phenols is 1. The fourth-order valence-electron chi connectivity index (χ4n) is 2.60. The molecule has 0 aromatic heterocycles. The van der Waals surface area contributed by atoms with Gasteiger partial charge in [-0.3, -0.25) is 14.8 Å². The highest BCUT2D eigenvalue weighted by atomic mass is 32.2. The zero-order chi connectivity index (χ0) is 19.6. The molecule has 0 aliphatic heterocycles. The third-order valence-corrected chi connectivity index (χ3v) is 5.28. The summed E-state index contributed by atoms with van der Waals surface area (Å²) in [4.78, 5) is 9.90. The number of rotatable bonds is 5. The molecule has 0 atom stereocenters. The number of nitro groups is 1. The van der Waals surface area contributed by atoms with Gasteiger partial charge in [-0.1, -0.05) is 30.3 Å². The summed E-state index contributed by atoms with van der Waals surface area (Å²) in [6.45, 7) is 0. The Kier molecular flexibility index (Phi) is 4.70. The lowest BCUT2D eigenvalue weighted by molar-refractivity contribution is -0.387. The van der Waals surface area contributed by atoms with E-state index >= 15 is 0 Å². The van der Waals surface area contributed by atoms with Crippen LogP contribution in [0, 0.1) is 10.1 Å². The first kappa shape index (κ1) is 18.2. The van der Waals surface area contributed by atoms with E-state index in [1.807, 2.05) is 0 Å². The average Bonchev–Trinajstić information content (AvgIpc) is 2.64. The minimum Gasteiger partial charge on any atom is -0.507 e. The van der Waals surface area contributed by atoms with E-state index in [-0.39, 0.29) is 11.4 Å². The first-order valence-electron chi connectivity index (χ1n) is 7.74. The summed E-state index contributed by atoms with van der Waals surface area (Å²) in [5.41, 5.74) is 6.78. The Morgan fingerprint density at radius 2 is 1.63 bits per heavy atom. The van der Waals surface area contributed by atoms with Gasteiger partial charge < -0.3 is 10.8 Å². The van der Waals surface area contributed by atoms with Gasteiger partial charge in [-0.2, -0.15) is 0 Å². The molecule has 0 bridgehead atoms. The number of hydrogen-bond acceptors (Lipinski definition) is 6. The quantitative estimate of drug-likeness (QED) is 0.350. The predicted octanol–water partition coefficient (Wildman–Crippen LogP) is 3.35. The molecule has 0 saturated heterocycles. The Bertz CT molecular complexity index is 1130. The van der Waals surface area contributed by atoms with E-state index in [1.54, 1.807) is 18.2 Å². The van der Waals surface area contributed by atoms with E-state index in [2.05, 4.69) is 4.72 Å². The molecule has 0 saturated carbocycles. The number of aromatic hydroxyl groups is 1. The number of nitrogen functional groups attached to an aromatic ring is 1. The fourth-order valence-corrected chi connectivity index (χ4v) is 3.82. The minimum absolute atomic E-state index is 0.0112. The third-order valence-electron chi connectivity index (χ3n) is 3.85. The number of nitro benzene ring substituents is 1. The maximum atomic E-state index is 12.6. The van der Waals surface area contributed by atoms with Crippen LogP contribution in [0.25, 0.3) is 11.1 Å². The van der Waals surface area contributed by atoms with Crippen molar-refractivity contribution >= 4 is 27.1 Å². The highest BCUT2D eigenvalue weighted by Crippen LogP contribution is 2.35. The van der Waals surface area contributed by atoms with Gasteiger partial charge in [0.1, 0.15) is 5.75 Å². The van der Waals surface area contributed by atoms with Crippen molar-refractivity contribution in [2.24, 2.45) is 0 Å². The molecule has 0 amide bonds. The SMILES string of the molecule is Nc1ccc(NS(=O)(=O)c2ccccc2[N+](=O)[O-])cc1-c1ccccc1O. The lowest BCUT2D eigenvalue weighted by Crippen LogP contribution is -2.14. The summed E-state index contributed by atoms with van der Waals surface area (Å²) in [6.07, 6.45) is 0. The van der Waals surface area contributed by atoms with Crippen LogP contribution in [0.5, 0.6) is 5.75 Å². The Morgan fingerprint density at radius 1 is 0.963 bits per heavy atom. The van der Waals surface area contributed by atoms with Crippen molar-refractivity contribution in [2.75, 3.05) is 10.5 Å². The monoisotopic (exact) mass is 385 g/mol. The average molecular weight is 385 g/mol. The Balaban J connectivity index is 2.03. The van der Waals surface area contributed by atoms with Crippen molar-refractivity contribution < 1.29 is 18.4 Å². The summed E-state index contributed by atoms with van der Waals surface area (Å²) in [5.74, 6) is -0.0112. The van der Waals surface area contributed by atoms with Gasteiger partial charge in [0.2, 0.25) is 0 Å². The molecule has 138 valence electrons. The maximum absolute atomic E-state index is 12.6. The highest BCUT2D eigenvalue weighted by Gasteiger charge is 2.25. The number of para-hydroxylation sites is 2. The smallest absolute Gasteiger partial charge is 0.289 e. The molecule has 0 aliphatic carbocycles. The van der Waals surface area contributed by atoms with Gasteiger partial charge in [-0.25, -0.2) is 8.42 Å². The second kappa shape index (κ2) is 6.96. The van der Waals surface area contributed by atoms with Crippen LogP contribution < -0.4 is 10.5 Å². The van der Waals surface area contributed by atoms with Crippen LogP contribution in [-0.2, 0) is 10.0 Å². The van der Waals surface area contributed by atoms with Crippen LogP contribution >= 0.6 is 0 Å². The number of nitrogens with two attached hydrogens (primary N) is 1. The van der Waals surface area contributed by atoms with E-state index in [4.69, 9.17) is 5.73 Å². The first-order chi connectivity index (χ1) is 12.8. The molecule has 0 unspecified atom stereocenters. The number of benzene rings is 3. The van der Waals surface area contributed by atoms with Gasteiger partial charge in [-0.05, 0) is 30.3 Å². The topological polar surface area (TPSA) is 136 Å². The summed E-state index contributed by atoms with van der Waals surface area (Å²) in [6, 6.07) is 15.9. The summed E-state index contributed by atoms with van der Waals surface area (Å²) < 4.78 is 27.6. The molecule has 3 rings (SSSR count). The number of nitrogens with one attached hydrogen (secondary N) is 1. The van der Waals surface area contributed by atoms with E-state index in [0.29, 0.717) is 16.8 Å². The van der Waals surface area contributed by atoms with Crippen LogP contribution in [0.3, 0.4) is 0 Å². The molecule has 0 radical (unpaired) electrons. The lowest BCUT2D eigenvalue weighted by Gasteiger charge is -2.12. The standard InChI is InChI=1S/C18H15N3O5S/c19-15-10-9-12(11-14(15)13-5-1-3-7-17(13)22)20-27(25,26)18-8-4-2-6-16(18)21(23)24/h1-11,20,22H,19H2. The molecule has 27 heavy (non-hydrogen) atoms. The van der Waals surface area contributed by atoms with Gasteiger partial charge in [-0.15, -0.1) is 0 Å². The van der Waals surface area contributed by atoms with Crippen molar-refractivity contribution in [1.82, 2.24) is 0 Å². The second-order valence-electron chi connectivity index (χ2n) is 5.65. The highest BCUT2D eigenvalue weighted by molar-refractivity contribution is 7.92. The van der Waals surface area contributed by atoms with E-state index < -0.39 is 25.5 Å². The molecule has 9 heteroatoms. The summed E-state index contributed by atoms with van der Waals surface area (Å²) in [7, 11) is -4.21. The van der Waals surface area contributed by atoms with Crippen LogP contribution in [-0.4, -0.2) is 18.4 Å². The normalized spacial score (nSPS) is 11.1. The number of nitrogens with zero attached hydrogens (tertiary/aromatic N) is 1. The number of sulfonamides is 1. The van der Waals surface area contributed by atoms with Gasteiger partial charge in [0.15, 0.2) is 4.90 Å². The molecular weight excluding hydrogens is 370 g/mol. The molecule has 0 fully saturated rings. The predicted molar refractivity (Wildman–Crippen MR) is 102 cm³/mol. The minimum atomic E-state index is -4.21. The van der Waals surface area contributed by atoms with Gasteiger partial charge in [0.05, 0.1) is 4.92 Å². The summed E-state index contributed by atoms with van der Waals surface area (Å²) in [5, 5.41) is 21.1. The number of phenolic OH excluding ortho intramolecular Hbond substituents is 1. The van der Waals surface area contributed by atoms with E-state index in [0.717, 1.165) is 12.1 Å². The summed E-state index contributed by atoms with van der Waals surface area (Å²) >= 11 is 0. The van der Waals surface area contributed by atoms with Crippen molar-refractivity contribution in [2.45, 2.75) is 4.90 Å². The van der Waals surface area contributed by atoms with Crippen molar-refractivity contribution in [3.05, 3.63) is 76.8 Å². The molecular formula is C18H15N3O5S. The maximum Gasteiger partial charge on any atom is 0.289 e. The van der Waals surface area contributed by atoms with Crippen molar-refractivity contribution in [3.8, 4) is 16.9 Å². The van der Waals surface area contributed by atoms with Gasteiger partial charge in [0, 0.05) is 28.6 Å². The Morgan fingerprint density at radius 3 is 2.33 bits per heavy atom. The van der Waals surface area contributed by atoms with Gasteiger partial charge >= 0.3 is 0 Å². The van der Waals surface area contributed by atoms with Crippen LogP contribution in [0.15, 0.2) is 71.6 Å². The van der Waals surface area contributed by atoms with E-state index in [9.17, 15) is 23.6 Å². The van der Waals surface area contributed by atoms with Gasteiger partial charge in [0.25, 0.3) is 15.7 Å². The molecule has 0 aliphatic rings. The molecule has 3 aromatic carbocycles.